The second kappa shape index (κ2) is 6.20. The first-order chi connectivity index (χ1) is 10.5. The van der Waals surface area contributed by atoms with Crippen molar-refractivity contribution in [1.82, 2.24) is 9.97 Å². The van der Waals surface area contributed by atoms with E-state index in [-0.39, 0.29) is 5.28 Å². The number of aromatic nitrogens is 2. The molecule has 1 aromatic carbocycles. The van der Waals surface area contributed by atoms with Gasteiger partial charge in [-0.25, -0.2) is 9.97 Å². The summed E-state index contributed by atoms with van der Waals surface area (Å²) >= 11 is 19.6. The Hall–Kier alpha value is -1.07. The van der Waals surface area contributed by atoms with Crippen LogP contribution < -0.4 is 5.32 Å². The van der Waals surface area contributed by atoms with E-state index in [0.29, 0.717) is 16.6 Å². The van der Waals surface area contributed by atoms with Gasteiger partial charge in [-0.15, -0.1) is 11.3 Å². The predicted molar refractivity (Wildman–Crippen MR) is 95.7 cm³/mol. The Bertz CT molecular complexity index is 861. The highest BCUT2D eigenvalue weighted by Crippen LogP contribution is 2.34. The Kier molecular flexibility index (Phi) is 4.46. The Morgan fingerprint density at radius 2 is 1.86 bits per heavy atom. The maximum atomic E-state index is 6.04. The first-order valence-corrected chi connectivity index (χ1v) is 8.52. The Balaban J connectivity index is 1.94. The predicted octanol–water partition coefficient (Wildman–Crippen LogP) is 5.88. The SMILES string of the molecule is Cc1sc2nc(Cl)nc(NCc3ccc(Cl)c(Cl)c3)c2c1C. The highest BCUT2D eigenvalue weighted by atomic mass is 35.5. The third-order valence-electron chi connectivity index (χ3n) is 3.45. The molecule has 0 amide bonds. The molecule has 7 heteroatoms. The standard InChI is InChI=1S/C15H12Cl3N3S/c1-7-8(2)22-14-12(7)13(20-15(18)21-14)19-6-9-3-4-10(16)11(17)5-9/h3-5H,6H2,1-2H3,(H,19,20,21). The topological polar surface area (TPSA) is 37.8 Å². The summed E-state index contributed by atoms with van der Waals surface area (Å²) in [6.45, 7) is 4.71. The van der Waals surface area contributed by atoms with Crippen LogP contribution in [0.2, 0.25) is 15.3 Å². The lowest BCUT2D eigenvalue weighted by atomic mass is 10.2. The van der Waals surface area contributed by atoms with Gasteiger partial charge in [0, 0.05) is 11.4 Å². The molecule has 3 rings (SSSR count). The van der Waals surface area contributed by atoms with Crippen molar-refractivity contribution in [2.24, 2.45) is 0 Å². The zero-order chi connectivity index (χ0) is 15.9. The van der Waals surface area contributed by atoms with Gasteiger partial charge in [-0.2, -0.15) is 0 Å². The minimum absolute atomic E-state index is 0.241. The number of aryl methyl sites for hydroxylation is 2. The summed E-state index contributed by atoms with van der Waals surface area (Å²) in [5.41, 5.74) is 2.19. The summed E-state index contributed by atoms with van der Waals surface area (Å²) in [4.78, 5) is 10.7. The largest absolute Gasteiger partial charge is 0.365 e. The van der Waals surface area contributed by atoms with Crippen molar-refractivity contribution in [3.63, 3.8) is 0 Å². The van der Waals surface area contributed by atoms with Crippen molar-refractivity contribution in [3.8, 4) is 0 Å². The summed E-state index contributed by atoms with van der Waals surface area (Å²) in [6.07, 6.45) is 0. The Labute approximate surface area is 147 Å². The number of hydrogen-bond acceptors (Lipinski definition) is 4. The highest BCUT2D eigenvalue weighted by Gasteiger charge is 2.14. The van der Waals surface area contributed by atoms with Crippen molar-refractivity contribution < 1.29 is 0 Å². The molecule has 3 nitrogen and oxygen atoms in total. The Morgan fingerprint density at radius 3 is 2.59 bits per heavy atom. The zero-order valence-corrected chi connectivity index (χ0v) is 15.0. The van der Waals surface area contributed by atoms with E-state index < -0.39 is 0 Å². The van der Waals surface area contributed by atoms with Crippen LogP contribution in [0.4, 0.5) is 5.82 Å². The van der Waals surface area contributed by atoms with E-state index in [1.54, 1.807) is 17.4 Å². The van der Waals surface area contributed by atoms with Gasteiger partial charge in [0.05, 0.1) is 15.4 Å². The summed E-state index contributed by atoms with van der Waals surface area (Å²) in [5, 5.41) is 5.66. The molecular weight excluding hydrogens is 361 g/mol. The number of fused-ring (bicyclic) bond motifs is 1. The lowest BCUT2D eigenvalue weighted by Crippen LogP contribution is -2.03. The van der Waals surface area contributed by atoms with Crippen molar-refractivity contribution in [2.75, 3.05) is 5.32 Å². The zero-order valence-electron chi connectivity index (χ0n) is 11.9. The van der Waals surface area contributed by atoms with Gasteiger partial charge in [0.1, 0.15) is 10.6 Å². The summed E-state index contributed by atoms with van der Waals surface area (Å²) in [6, 6.07) is 5.54. The molecule has 0 aliphatic heterocycles. The van der Waals surface area contributed by atoms with E-state index in [9.17, 15) is 0 Å². The summed E-state index contributed by atoms with van der Waals surface area (Å²) in [5.74, 6) is 0.739. The molecule has 3 aromatic rings. The third-order valence-corrected chi connectivity index (χ3v) is 5.45. The van der Waals surface area contributed by atoms with Crippen LogP contribution in [0, 0.1) is 13.8 Å². The molecule has 0 unspecified atom stereocenters. The van der Waals surface area contributed by atoms with E-state index >= 15 is 0 Å². The van der Waals surface area contributed by atoms with Gasteiger partial charge in [-0.3, -0.25) is 0 Å². The van der Waals surface area contributed by atoms with E-state index in [4.69, 9.17) is 34.8 Å². The number of anilines is 1. The fourth-order valence-corrected chi connectivity index (χ4v) is 3.76. The number of hydrogen-bond donors (Lipinski definition) is 1. The number of nitrogens with one attached hydrogen (secondary N) is 1. The maximum absolute atomic E-state index is 6.04. The first-order valence-electron chi connectivity index (χ1n) is 6.56. The van der Waals surface area contributed by atoms with Crippen LogP contribution >= 0.6 is 46.1 Å². The van der Waals surface area contributed by atoms with Crippen LogP contribution in [-0.2, 0) is 6.54 Å². The first kappa shape index (κ1) is 15.8. The third kappa shape index (κ3) is 3.01. The van der Waals surface area contributed by atoms with E-state index in [2.05, 4.69) is 29.1 Å². The molecule has 22 heavy (non-hydrogen) atoms. The van der Waals surface area contributed by atoms with E-state index in [0.717, 1.165) is 21.6 Å². The smallest absolute Gasteiger partial charge is 0.225 e. The number of benzene rings is 1. The van der Waals surface area contributed by atoms with Crippen LogP contribution in [0.5, 0.6) is 0 Å². The summed E-state index contributed by atoms with van der Waals surface area (Å²) < 4.78 is 0. The average Bonchev–Trinajstić information content (AvgIpc) is 2.75. The molecular formula is C15H12Cl3N3S. The fraction of sp³-hybridized carbons (Fsp3) is 0.200. The number of thiophene rings is 1. The average molecular weight is 373 g/mol. The molecule has 114 valence electrons. The highest BCUT2D eigenvalue weighted by molar-refractivity contribution is 7.18. The second-order valence-corrected chi connectivity index (χ2v) is 7.26. The lowest BCUT2D eigenvalue weighted by molar-refractivity contribution is 1.10. The Morgan fingerprint density at radius 1 is 1.09 bits per heavy atom. The van der Waals surface area contributed by atoms with E-state index in [1.807, 2.05) is 12.1 Å². The molecule has 1 N–H and O–H groups in total. The minimum atomic E-state index is 0.241. The second-order valence-electron chi connectivity index (χ2n) is 4.91. The van der Waals surface area contributed by atoms with Crippen molar-refractivity contribution in [1.29, 1.82) is 0 Å². The molecule has 0 radical (unpaired) electrons. The van der Waals surface area contributed by atoms with Crippen molar-refractivity contribution >= 4 is 62.2 Å². The van der Waals surface area contributed by atoms with Crippen LogP contribution in [0.15, 0.2) is 18.2 Å². The number of halogens is 3. The lowest BCUT2D eigenvalue weighted by Gasteiger charge is -2.09. The van der Waals surface area contributed by atoms with Gasteiger partial charge in [-0.1, -0.05) is 29.3 Å². The molecule has 0 fully saturated rings. The van der Waals surface area contributed by atoms with Crippen LogP contribution in [0.25, 0.3) is 10.2 Å². The molecule has 0 aliphatic carbocycles. The monoisotopic (exact) mass is 371 g/mol. The molecule has 0 bridgehead atoms. The van der Waals surface area contributed by atoms with E-state index in [1.165, 1.54) is 10.4 Å². The van der Waals surface area contributed by atoms with Gasteiger partial charge >= 0.3 is 0 Å². The quantitative estimate of drug-likeness (QED) is 0.583. The summed E-state index contributed by atoms with van der Waals surface area (Å²) in [7, 11) is 0. The van der Waals surface area contributed by atoms with Crippen LogP contribution in [0.3, 0.4) is 0 Å². The van der Waals surface area contributed by atoms with Gasteiger partial charge in [0.25, 0.3) is 0 Å². The maximum Gasteiger partial charge on any atom is 0.225 e. The van der Waals surface area contributed by atoms with Crippen LogP contribution in [0.1, 0.15) is 16.0 Å². The fourth-order valence-electron chi connectivity index (χ4n) is 2.19. The molecule has 0 aliphatic rings. The van der Waals surface area contributed by atoms with Crippen LogP contribution in [-0.4, -0.2) is 9.97 Å². The van der Waals surface area contributed by atoms with Gasteiger partial charge in [0.15, 0.2) is 0 Å². The minimum Gasteiger partial charge on any atom is -0.365 e. The molecule has 0 saturated heterocycles. The van der Waals surface area contributed by atoms with Crippen molar-refractivity contribution in [2.45, 2.75) is 20.4 Å². The molecule has 0 atom stereocenters. The number of rotatable bonds is 3. The van der Waals surface area contributed by atoms with Gasteiger partial charge in [-0.05, 0) is 48.7 Å². The molecule has 2 heterocycles. The number of nitrogens with zero attached hydrogens (tertiary/aromatic N) is 2. The van der Waals surface area contributed by atoms with Gasteiger partial charge < -0.3 is 5.32 Å². The molecule has 2 aromatic heterocycles. The van der Waals surface area contributed by atoms with Gasteiger partial charge in [0.2, 0.25) is 5.28 Å². The molecule has 0 saturated carbocycles. The van der Waals surface area contributed by atoms with Crippen molar-refractivity contribution in [3.05, 3.63) is 49.5 Å². The normalized spacial score (nSPS) is 11.1. The molecule has 0 spiro atoms.